The zero-order valence-electron chi connectivity index (χ0n) is 11.4. The van der Waals surface area contributed by atoms with E-state index in [2.05, 4.69) is 26.9 Å². The lowest BCUT2D eigenvalue weighted by Gasteiger charge is -2.47. The third kappa shape index (κ3) is 3.34. The highest BCUT2D eigenvalue weighted by molar-refractivity contribution is 6.80. The molecule has 0 aromatic rings. The molecule has 1 atom stereocenters. The van der Waals surface area contributed by atoms with Gasteiger partial charge in [-0.05, 0) is 5.04 Å². The monoisotopic (exact) mass is 226 g/mol. The minimum atomic E-state index is -0.904. The summed E-state index contributed by atoms with van der Waals surface area (Å²) in [6, 6.07) is 1.58. The lowest BCUT2D eigenvalue weighted by atomic mass is 9.95. The molecule has 1 rings (SSSR count). The molecule has 0 amide bonds. The molecule has 0 aliphatic carbocycles. The van der Waals surface area contributed by atoms with E-state index in [0.717, 1.165) is 5.04 Å². The van der Waals surface area contributed by atoms with Gasteiger partial charge in [-0.2, -0.15) is 0 Å². The average molecular weight is 226 g/mol. The third-order valence-corrected chi connectivity index (χ3v) is 10.4. The van der Waals surface area contributed by atoms with E-state index in [1.807, 2.05) is 0 Å². The van der Waals surface area contributed by atoms with Gasteiger partial charge in [-0.3, -0.25) is 0 Å². The topological polar surface area (TPSA) is 0 Å². The molecule has 0 spiro atoms. The van der Waals surface area contributed by atoms with Crippen molar-refractivity contribution in [2.45, 2.75) is 89.4 Å². The highest BCUT2D eigenvalue weighted by Crippen LogP contribution is 2.52. The van der Waals surface area contributed by atoms with E-state index in [-0.39, 0.29) is 0 Å². The molecule has 1 unspecified atom stereocenters. The molecule has 90 valence electrons. The van der Waals surface area contributed by atoms with Crippen LogP contribution in [0.1, 0.15) is 65.2 Å². The van der Waals surface area contributed by atoms with Crippen LogP contribution >= 0.6 is 0 Å². The zero-order chi connectivity index (χ0) is 11.4. The van der Waals surface area contributed by atoms with Crippen LogP contribution in [0.2, 0.25) is 24.2 Å². The predicted molar refractivity (Wildman–Crippen MR) is 73.3 cm³/mol. The summed E-state index contributed by atoms with van der Waals surface area (Å²) in [7, 11) is -0.904. The Balaban J connectivity index is 2.41. The average Bonchev–Trinajstić information content (AvgIpc) is 2.18. The molecule has 0 saturated carbocycles. The zero-order valence-corrected chi connectivity index (χ0v) is 12.4. The van der Waals surface area contributed by atoms with E-state index < -0.39 is 8.07 Å². The minimum absolute atomic E-state index is 0.763. The van der Waals surface area contributed by atoms with Crippen LogP contribution in [0, 0.1) is 0 Å². The Morgan fingerprint density at radius 1 is 1.07 bits per heavy atom. The van der Waals surface area contributed by atoms with Gasteiger partial charge >= 0.3 is 0 Å². The molecule has 0 aromatic heterocycles. The van der Waals surface area contributed by atoms with E-state index in [1.165, 1.54) is 51.4 Å². The Hall–Kier alpha value is 0.217. The fraction of sp³-hybridized carbons (Fsp3) is 1.00. The minimum Gasteiger partial charge on any atom is -0.0690 e. The van der Waals surface area contributed by atoms with Crippen LogP contribution < -0.4 is 0 Å². The first-order valence-electron chi connectivity index (χ1n) is 7.02. The van der Waals surface area contributed by atoms with Gasteiger partial charge in [0.1, 0.15) is 0 Å². The molecule has 1 aliphatic rings. The van der Waals surface area contributed by atoms with Crippen LogP contribution in [0.25, 0.3) is 0 Å². The second-order valence-electron chi connectivity index (χ2n) is 6.46. The van der Waals surface area contributed by atoms with Crippen molar-refractivity contribution < 1.29 is 0 Å². The van der Waals surface area contributed by atoms with E-state index in [9.17, 15) is 0 Å². The summed E-state index contributed by atoms with van der Waals surface area (Å²) in [5.74, 6) is 0. The van der Waals surface area contributed by atoms with Gasteiger partial charge in [-0.25, -0.2) is 0 Å². The van der Waals surface area contributed by atoms with E-state index in [1.54, 1.807) is 6.04 Å². The van der Waals surface area contributed by atoms with Gasteiger partial charge in [0.05, 0.1) is 8.07 Å². The maximum atomic E-state index is 2.63. The van der Waals surface area contributed by atoms with Crippen molar-refractivity contribution in [2.75, 3.05) is 0 Å². The largest absolute Gasteiger partial charge is 0.0690 e. The van der Waals surface area contributed by atoms with Gasteiger partial charge in [0.15, 0.2) is 0 Å². The summed E-state index contributed by atoms with van der Waals surface area (Å²) < 4.78 is 0. The molecule has 1 fully saturated rings. The van der Waals surface area contributed by atoms with Crippen molar-refractivity contribution >= 4 is 8.07 Å². The lowest BCUT2D eigenvalue weighted by Crippen LogP contribution is -2.43. The predicted octanol–water partition coefficient (Wildman–Crippen LogP) is 5.61. The van der Waals surface area contributed by atoms with E-state index >= 15 is 0 Å². The van der Waals surface area contributed by atoms with Crippen LogP contribution in [-0.2, 0) is 0 Å². The maximum Gasteiger partial charge on any atom is 0.0533 e. The Labute approximate surface area is 97.9 Å². The van der Waals surface area contributed by atoms with Gasteiger partial charge in [0, 0.05) is 0 Å². The van der Waals surface area contributed by atoms with Crippen LogP contribution in [0.15, 0.2) is 0 Å². The molecule has 0 aromatic carbocycles. The molecule has 0 bridgehead atoms. The number of hydrogen-bond donors (Lipinski definition) is 0. The number of unbranched alkanes of at least 4 members (excludes halogenated alkanes) is 3. The first kappa shape index (κ1) is 13.3. The van der Waals surface area contributed by atoms with Gasteiger partial charge in [-0.1, -0.05) is 84.4 Å². The Bertz CT molecular complexity index is 186. The van der Waals surface area contributed by atoms with Crippen molar-refractivity contribution in [1.82, 2.24) is 0 Å². The van der Waals surface area contributed by atoms with E-state index in [0.29, 0.717) is 0 Å². The highest BCUT2D eigenvalue weighted by atomic mass is 28.3. The van der Waals surface area contributed by atoms with Crippen LogP contribution in [0.5, 0.6) is 0 Å². The molecular weight excluding hydrogens is 196 g/mol. The summed E-state index contributed by atoms with van der Waals surface area (Å²) in [5, 5.41) is 0.763. The van der Waals surface area contributed by atoms with Crippen LogP contribution in [0.3, 0.4) is 0 Å². The smallest absolute Gasteiger partial charge is 0.0533 e. The molecule has 0 nitrogen and oxygen atoms in total. The highest BCUT2D eigenvalue weighted by Gasteiger charge is 2.43. The lowest BCUT2D eigenvalue weighted by molar-refractivity contribution is 0.423. The molecule has 1 aliphatic heterocycles. The molecule has 15 heavy (non-hydrogen) atoms. The molecular formula is C14H30Si. The van der Waals surface area contributed by atoms with Gasteiger partial charge in [-0.15, -0.1) is 0 Å². The summed E-state index contributed by atoms with van der Waals surface area (Å²) >= 11 is 0. The van der Waals surface area contributed by atoms with E-state index in [4.69, 9.17) is 0 Å². The van der Waals surface area contributed by atoms with Crippen LogP contribution in [0.4, 0.5) is 0 Å². The molecule has 1 heteroatoms. The molecule has 1 saturated heterocycles. The Morgan fingerprint density at radius 2 is 1.80 bits per heavy atom. The van der Waals surface area contributed by atoms with Gasteiger partial charge < -0.3 is 0 Å². The van der Waals surface area contributed by atoms with Crippen molar-refractivity contribution in [3.63, 3.8) is 0 Å². The second kappa shape index (κ2) is 5.52. The second-order valence-corrected chi connectivity index (χ2v) is 11.9. The third-order valence-electron chi connectivity index (χ3n) is 5.00. The van der Waals surface area contributed by atoms with Crippen molar-refractivity contribution in [1.29, 1.82) is 0 Å². The maximum absolute atomic E-state index is 2.63. The molecule has 0 radical (unpaired) electrons. The summed E-state index contributed by atoms with van der Waals surface area (Å²) in [6.07, 6.45) is 11.8. The quantitative estimate of drug-likeness (QED) is 0.422. The first-order chi connectivity index (χ1) is 7.02. The number of rotatable bonds is 5. The normalized spacial score (nSPS) is 30.4. The van der Waals surface area contributed by atoms with Gasteiger partial charge in [0.25, 0.3) is 0 Å². The van der Waals surface area contributed by atoms with Crippen molar-refractivity contribution in [3.05, 3.63) is 0 Å². The molecule has 1 heterocycles. The standard InChI is InChI=1S/C14H30Si/c1-5-6-7-8-11-14(2)12-9-10-13-15(14,3)4/h5-13H2,1-4H3. The summed E-state index contributed by atoms with van der Waals surface area (Å²) in [5.41, 5.74) is 0. The van der Waals surface area contributed by atoms with Crippen molar-refractivity contribution in [3.8, 4) is 0 Å². The summed E-state index contributed by atoms with van der Waals surface area (Å²) in [4.78, 5) is 0. The first-order valence-corrected chi connectivity index (χ1v) is 10.2. The fourth-order valence-corrected chi connectivity index (χ4v) is 6.57. The number of hydrogen-bond acceptors (Lipinski definition) is 0. The summed E-state index contributed by atoms with van der Waals surface area (Å²) in [6.45, 7) is 10.2. The van der Waals surface area contributed by atoms with Crippen LogP contribution in [-0.4, -0.2) is 8.07 Å². The SMILES string of the molecule is CCCCCCC1(C)CCCC[Si]1(C)C. The van der Waals surface area contributed by atoms with Crippen molar-refractivity contribution in [2.24, 2.45) is 0 Å². The van der Waals surface area contributed by atoms with Gasteiger partial charge in [0.2, 0.25) is 0 Å². The Kier molecular flexibility index (Phi) is 4.89. The Morgan fingerprint density at radius 3 is 2.40 bits per heavy atom. The fourth-order valence-electron chi connectivity index (χ4n) is 3.13. The molecule has 0 N–H and O–H groups in total.